The van der Waals surface area contributed by atoms with Crippen LogP contribution in [-0.2, 0) is 4.74 Å². The topological polar surface area (TPSA) is 36.3 Å². The molecular formula is C14H17FN2O. The van der Waals surface area contributed by atoms with E-state index < -0.39 is 5.82 Å². The summed E-state index contributed by atoms with van der Waals surface area (Å²) < 4.78 is 18.8. The fourth-order valence-corrected chi connectivity index (χ4v) is 2.46. The summed E-state index contributed by atoms with van der Waals surface area (Å²) in [7, 11) is 1.71. The van der Waals surface area contributed by atoms with Crippen LogP contribution < -0.4 is 4.90 Å². The standard InChI is InChI=1S/C14H17FN2O/c1-18-10-11-3-2-6-17(9-11)13-5-4-12(8-16)14(15)7-13/h4-5,7,11H,2-3,6,9-10H2,1H3. The summed E-state index contributed by atoms with van der Waals surface area (Å²) in [6.45, 7) is 2.57. The van der Waals surface area contributed by atoms with E-state index in [9.17, 15) is 4.39 Å². The first-order valence-corrected chi connectivity index (χ1v) is 6.18. The number of methoxy groups -OCH3 is 1. The Bertz CT molecular complexity index is 454. The van der Waals surface area contributed by atoms with Crippen LogP contribution in [0.4, 0.5) is 10.1 Å². The molecule has 0 amide bonds. The van der Waals surface area contributed by atoms with Gasteiger partial charge in [-0.3, -0.25) is 0 Å². The molecule has 1 fully saturated rings. The molecule has 2 rings (SSSR count). The summed E-state index contributed by atoms with van der Waals surface area (Å²) in [5.41, 5.74) is 0.955. The van der Waals surface area contributed by atoms with E-state index >= 15 is 0 Å². The first-order chi connectivity index (χ1) is 8.74. The Morgan fingerprint density at radius 2 is 2.39 bits per heavy atom. The van der Waals surface area contributed by atoms with Crippen molar-refractivity contribution in [2.24, 2.45) is 5.92 Å². The monoisotopic (exact) mass is 248 g/mol. The number of benzene rings is 1. The van der Waals surface area contributed by atoms with E-state index in [0.717, 1.165) is 38.2 Å². The molecule has 0 spiro atoms. The minimum atomic E-state index is -0.441. The Balaban J connectivity index is 2.11. The van der Waals surface area contributed by atoms with Crippen LogP contribution in [0.2, 0.25) is 0 Å². The van der Waals surface area contributed by atoms with Gasteiger partial charge in [0.15, 0.2) is 0 Å². The second-order valence-corrected chi connectivity index (χ2v) is 4.69. The lowest BCUT2D eigenvalue weighted by Gasteiger charge is -2.34. The van der Waals surface area contributed by atoms with Crippen LogP contribution in [-0.4, -0.2) is 26.8 Å². The summed E-state index contributed by atoms with van der Waals surface area (Å²) in [5, 5.41) is 8.71. The van der Waals surface area contributed by atoms with Gasteiger partial charge in [-0.1, -0.05) is 0 Å². The Kier molecular flexibility index (Phi) is 4.16. The molecule has 0 bridgehead atoms. The van der Waals surface area contributed by atoms with Crippen molar-refractivity contribution < 1.29 is 9.13 Å². The number of halogens is 1. The molecule has 1 saturated heterocycles. The molecule has 3 nitrogen and oxygen atoms in total. The number of piperidine rings is 1. The van der Waals surface area contributed by atoms with E-state index in [1.165, 1.54) is 6.07 Å². The van der Waals surface area contributed by atoms with E-state index in [4.69, 9.17) is 10.00 Å². The van der Waals surface area contributed by atoms with Crippen molar-refractivity contribution in [3.8, 4) is 6.07 Å². The molecule has 1 aromatic carbocycles. The number of rotatable bonds is 3. The minimum absolute atomic E-state index is 0.101. The van der Waals surface area contributed by atoms with Crippen molar-refractivity contribution in [3.05, 3.63) is 29.6 Å². The highest BCUT2D eigenvalue weighted by atomic mass is 19.1. The molecule has 1 aliphatic rings. The highest BCUT2D eigenvalue weighted by molar-refractivity contribution is 5.50. The van der Waals surface area contributed by atoms with Crippen molar-refractivity contribution in [2.45, 2.75) is 12.8 Å². The number of nitriles is 1. The maximum absolute atomic E-state index is 13.6. The zero-order chi connectivity index (χ0) is 13.0. The summed E-state index contributed by atoms with van der Waals surface area (Å²) in [6, 6.07) is 6.66. The molecule has 0 saturated carbocycles. The Morgan fingerprint density at radius 1 is 1.56 bits per heavy atom. The van der Waals surface area contributed by atoms with Crippen LogP contribution >= 0.6 is 0 Å². The smallest absolute Gasteiger partial charge is 0.143 e. The molecule has 1 atom stereocenters. The third-order valence-electron chi connectivity index (χ3n) is 3.36. The fraction of sp³-hybridized carbons (Fsp3) is 0.500. The molecule has 0 radical (unpaired) electrons. The maximum Gasteiger partial charge on any atom is 0.143 e. The van der Waals surface area contributed by atoms with Gasteiger partial charge in [0.2, 0.25) is 0 Å². The average molecular weight is 248 g/mol. The van der Waals surface area contributed by atoms with Gasteiger partial charge >= 0.3 is 0 Å². The third kappa shape index (κ3) is 2.80. The molecule has 96 valence electrons. The normalized spacial score (nSPS) is 19.6. The quantitative estimate of drug-likeness (QED) is 0.824. The number of ether oxygens (including phenoxy) is 1. The molecule has 4 heteroatoms. The van der Waals surface area contributed by atoms with Crippen LogP contribution in [0.1, 0.15) is 18.4 Å². The van der Waals surface area contributed by atoms with E-state index in [2.05, 4.69) is 4.90 Å². The maximum atomic E-state index is 13.6. The summed E-state index contributed by atoms with van der Waals surface area (Å²) in [4.78, 5) is 2.16. The molecular weight excluding hydrogens is 231 g/mol. The highest BCUT2D eigenvalue weighted by Crippen LogP contribution is 2.24. The second kappa shape index (κ2) is 5.83. The van der Waals surface area contributed by atoms with Gasteiger partial charge in [-0.25, -0.2) is 4.39 Å². The van der Waals surface area contributed by atoms with E-state index in [1.807, 2.05) is 12.1 Å². The van der Waals surface area contributed by atoms with E-state index in [-0.39, 0.29) is 5.56 Å². The summed E-state index contributed by atoms with van der Waals surface area (Å²) in [5.74, 6) is 0.0614. The van der Waals surface area contributed by atoms with Crippen molar-refractivity contribution >= 4 is 5.69 Å². The van der Waals surface area contributed by atoms with Crippen LogP contribution in [0, 0.1) is 23.1 Å². The Hall–Kier alpha value is -1.60. The Labute approximate surface area is 107 Å². The lowest BCUT2D eigenvalue weighted by Crippen LogP contribution is -2.37. The van der Waals surface area contributed by atoms with Crippen LogP contribution in [0.15, 0.2) is 18.2 Å². The van der Waals surface area contributed by atoms with Gasteiger partial charge in [0.05, 0.1) is 12.2 Å². The van der Waals surface area contributed by atoms with E-state index in [0.29, 0.717) is 5.92 Å². The predicted molar refractivity (Wildman–Crippen MR) is 67.9 cm³/mol. The minimum Gasteiger partial charge on any atom is -0.384 e. The SMILES string of the molecule is COCC1CCCN(c2ccc(C#N)c(F)c2)C1. The number of anilines is 1. The van der Waals surface area contributed by atoms with Gasteiger partial charge in [0, 0.05) is 25.9 Å². The Morgan fingerprint density at radius 3 is 3.06 bits per heavy atom. The van der Waals surface area contributed by atoms with Crippen LogP contribution in [0.3, 0.4) is 0 Å². The van der Waals surface area contributed by atoms with Crippen molar-refractivity contribution in [2.75, 3.05) is 31.7 Å². The molecule has 18 heavy (non-hydrogen) atoms. The molecule has 0 N–H and O–H groups in total. The van der Waals surface area contributed by atoms with Gasteiger partial charge in [-0.05, 0) is 37.0 Å². The zero-order valence-corrected chi connectivity index (χ0v) is 10.5. The van der Waals surface area contributed by atoms with Gasteiger partial charge in [0.25, 0.3) is 0 Å². The van der Waals surface area contributed by atoms with Crippen LogP contribution in [0.5, 0.6) is 0 Å². The largest absolute Gasteiger partial charge is 0.384 e. The molecule has 1 unspecified atom stereocenters. The van der Waals surface area contributed by atoms with Gasteiger partial charge in [-0.2, -0.15) is 5.26 Å². The third-order valence-corrected chi connectivity index (χ3v) is 3.36. The van der Waals surface area contributed by atoms with E-state index in [1.54, 1.807) is 13.2 Å². The number of hydrogen-bond acceptors (Lipinski definition) is 3. The van der Waals surface area contributed by atoms with Gasteiger partial charge < -0.3 is 9.64 Å². The van der Waals surface area contributed by atoms with Crippen molar-refractivity contribution in [1.29, 1.82) is 5.26 Å². The van der Waals surface area contributed by atoms with Crippen molar-refractivity contribution in [1.82, 2.24) is 0 Å². The lowest BCUT2D eigenvalue weighted by molar-refractivity contribution is 0.143. The second-order valence-electron chi connectivity index (χ2n) is 4.69. The zero-order valence-electron chi connectivity index (χ0n) is 10.5. The average Bonchev–Trinajstić information content (AvgIpc) is 2.39. The van der Waals surface area contributed by atoms with Gasteiger partial charge in [0.1, 0.15) is 11.9 Å². The summed E-state index contributed by atoms with van der Waals surface area (Å²) in [6.07, 6.45) is 2.25. The molecule has 0 aromatic heterocycles. The molecule has 1 heterocycles. The first-order valence-electron chi connectivity index (χ1n) is 6.18. The first kappa shape index (κ1) is 12.8. The van der Waals surface area contributed by atoms with Gasteiger partial charge in [-0.15, -0.1) is 0 Å². The number of nitrogens with zero attached hydrogens (tertiary/aromatic N) is 2. The fourth-order valence-electron chi connectivity index (χ4n) is 2.46. The molecule has 1 aromatic rings. The predicted octanol–water partition coefficient (Wildman–Crippen LogP) is 2.56. The van der Waals surface area contributed by atoms with Crippen LogP contribution in [0.25, 0.3) is 0 Å². The number of hydrogen-bond donors (Lipinski definition) is 0. The molecule has 0 aliphatic carbocycles. The van der Waals surface area contributed by atoms with Crippen molar-refractivity contribution in [3.63, 3.8) is 0 Å². The summed E-state index contributed by atoms with van der Waals surface area (Å²) >= 11 is 0. The molecule has 1 aliphatic heterocycles. The lowest BCUT2D eigenvalue weighted by atomic mass is 9.98. The highest BCUT2D eigenvalue weighted by Gasteiger charge is 2.20.